The fourth-order valence-corrected chi connectivity index (χ4v) is 1.40. The maximum absolute atomic E-state index is 12.1. The van der Waals surface area contributed by atoms with Crippen molar-refractivity contribution in [2.45, 2.75) is 19.9 Å². The second-order valence-electron chi connectivity index (χ2n) is 4.10. The molecule has 0 radical (unpaired) electrons. The molecule has 98 valence electrons. The molecule has 0 aliphatic rings. The van der Waals surface area contributed by atoms with Gasteiger partial charge in [-0.05, 0) is 19.9 Å². The van der Waals surface area contributed by atoms with E-state index in [2.05, 4.69) is 5.10 Å². The van der Waals surface area contributed by atoms with Crippen LogP contribution in [0.15, 0.2) is 16.9 Å². The summed E-state index contributed by atoms with van der Waals surface area (Å²) in [5, 5.41) is 12.6. The van der Waals surface area contributed by atoms with Gasteiger partial charge in [0.05, 0.1) is 0 Å². The minimum atomic E-state index is -1.10. The lowest BCUT2D eigenvalue weighted by Crippen LogP contribution is -2.41. The summed E-state index contributed by atoms with van der Waals surface area (Å²) in [7, 11) is 1.43. The van der Waals surface area contributed by atoms with E-state index in [1.807, 2.05) is 0 Å². The monoisotopic (exact) mass is 253 g/mol. The number of carbonyl (C=O) groups is 2. The van der Waals surface area contributed by atoms with E-state index >= 15 is 0 Å². The fraction of sp³-hybridized carbons (Fsp3) is 0.455. The van der Waals surface area contributed by atoms with Crippen molar-refractivity contribution in [3.8, 4) is 0 Å². The van der Waals surface area contributed by atoms with Crippen LogP contribution in [-0.4, -0.2) is 44.3 Å². The van der Waals surface area contributed by atoms with Crippen molar-refractivity contribution in [3.05, 3.63) is 28.2 Å². The minimum absolute atomic E-state index is 0.0482. The molecule has 7 nitrogen and oxygen atoms in total. The largest absolute Gasteiger partial charge is 0.480 e. The fourth-order valence-electron chi connectivity index (χ4n) is 1.40. The Labute approximate surface area is 104 Å². The molecule has 0 saturated heterocycles. The molecular formula is C11H15N3O4. The molecule has 1 rings (SSSR count). The maximum atomic E-state index is 12.1. The molecule has 18 heavy (non-hydrogen) atoms. The molecule has 0 bridgehead atoms. The van der Waals surface area contributed by atoms with Crippen molar-refractivity contribution < 1.29 is 14.7 Å². The number of carboxylic acids is 1. The molecular weight excluding hydrogens is 238 g/mol. The number of carbonyl (C=O) groups excluding carboxylic acids is 1. The molecule has 1 aromatic heterocycles. The number of aliphatic carboxylic acids is 1. The second-order valence-corrected chi connectivity index (χ2v) is 4.10. The van der Waals surface area contributed by atoms with E-state index in [4.69, 9.17) is 5.11 Å². The van der Waals surface area contributed by atoms with Crippen LogP contribution in [-0.2, 0) is 11.8 Å². The van der Waals surface area contributed by atoms with Crippen LogP contribution in [0.4, 0.5) is 0 Å². The quantitative estimate of drug-likeness (QED) is 0.796. The molecule has 1 N–H and O–H groups in total. The van der Waals surface area contributed by atoms with E-state index in [1.54, 1.807) is 13.8 Å². The molecule has 0 unspecified atom stereocenters. The number of aromatic nitrogens is 2. The van der Waals surface area contributed by atoms with Gasteiger partial charge < -0.3 is 10.0 Å². The van der Waals surface area contributed by atoms with Crippen LogP contribution in [0.3, 0.4) is 0 Å². The summed E-state index contributed by atoms with van der Waals surface area (Å²) < 4.78 is 1.03. The van der Waals surface area contributed by atoms with Gasteiger partial charge in [0, 0.05) is 19.2 Å². The summed E-state index contributed by atoms with van der Waals surface area (Å²) >= 11 is 0. The Hall–Kier alpha value is -2.18. The van der Waals surface area contributed by atoms with Crippen LogP contribution in [0.1, 0.15) is 24.3 Å². The van der Waals surface area contributed by atoms with Crippen LogP contribution in [0, 0.1) is 0 Å². The molecule has 0 aromatic carbocycles. The predicted molar refractivity (Wildman–Crippen MR) is 63.3 cm³/mol. The van der Waals surface area contributed by atoms with Gasteiger partial charge in [-0.1, -0.05) is 0 Å². The van der Waals surface area contributed by atoms with E-state index in [0.29, 0.717) is 0 Å². The van der Waals surface area contributed by atoms with Crippen LogP contribution < -0.4 is 5.56 Å². The number of hydrogen-bond donors (Lipinski definition) is 1. The third kappa shape index (κ3) is 3.16. The van der Waals surface area contributed by atoms with E-state index in [0.717, 1.165) is 4.68 Å². The van der Waals surface area contributed by atoms with Gasteiger partial charge in [0.25, 0.3) is 11.5 Å². The van der Waals surface area contributed by atoms with Crippen LogP contribution in [0.2, 0.25) is 0 Å². The SMILES string of the molecule is CC(C)N(CC(=O)O)C(=O)c1ccc(=O)n(C)n1. The highest BCUT2D eigenvalue weighted by Crippen LogP contribution is 2.04. The molecule has 1 amide bonds. The van der Waals surface area contributed by atoms with E-state index in [1.165, 1.54) is 24.1 Å². The van der Waals surface area contributed by atoms with Crippen LogP contribution in [0.25, 0.3) is 0 Å². The highest BCUT2D eigenvalue weighted by Gasteiger charge is 2.22. The zero-order chi connectivity index (χ0) is 13.9. The molecule has 0 aliphatic heterocycles. The zero-order valence-electron chi connectivity index (χ0n) is 10.5. The maximum Gasteiger partial charge on any atom is 0.323 e. The van der Waals surface area contributed by atoms with Crippen molar-refractivity contribution in [1.82, 2.24) is 14.7 Å². The van der Waals surface area contributed by atoms with Gasteiger partial charge in [0.15, 0.2) is 0 Å². The Morgan fingerprint density at radius 1 is 1.44 bits per heavy atom. The lowest BCUT2D eigenvalue weighted by Gasteiger charge is -2.24. The van der Waals surface area contributed by atoms with E-state index < -0.39 is 18.4 Å². The highest BCUT2D eigenvalue weighted by molar-refractivity contribution is 5.94. The van der Waals surface area contributed by atoms with Gasteiger partial charge in [0.1, 0.15) is 12.2 Å². The average molecular weight is 253 g/mol. The number of hydrogen-bond acceptors (Lipinski definition) is 4. The van der Waals surface area contributed by atoms with E-state index in [9.17, 15) is 14.4 Å². The lowest BCUT2D eigenvalue weighted by molar-refractivity contribution is -0.138. The average Bonchev–Trinajstić information content (AvgIpc) is 2.28. The van der Waals surface area contributed by atoms with Crippen molar-refractivity contribution in [1.29, 1.82) is 0 Å². The Morgan fingerprint density at radius 3 is 2.50 bits per heavy atom. The van der Waals surface area contributed by atoms with Crippen molar-refractivity contribution in [2.75, 3.05) is 6.54 Å². The van der Waals surface area contributed by atoms with Gasteiger partial charge in [-0.25, -0.2) is 4.68 Å². The molecule has 0 atom stereocenters. The van der Waals surface area contributed by atoms with Gasteiger partial charge >= 0.3 is 5.97 Å². The van der Waals surface area contributed by atoms with Gasteiger partial charge in [-0.2, -0.15) is 5.10 Å². The van der Waals surface area contributed by atoms with Gasteiger partial charge in [0.2, 0.25) is 0 Å². The number of carboxylic acid groups (broad SMARTS) is 1. The van der Waals surface area contributed by atoms with Crippen molar-refractivity contribution in [3.63, 3.8) is 0 Å². The van der Waals surface area contributed by atoms with Gasteiger partial charge in [-0.15, -0.1) is 0 Å². The highest BCUT2D eigenvalue weighted by atomic mass is 16.4. The number of rotatable bonds is 4. The molecule has 0 spiro atoms. The lowest BCUT2D eigenvalue weighted by atomic mass is 10.2. The molecule has 0 fully saturated rings. The topological polar surface area (TPSA) is 92.5 Å². The number of amides is 1. The number of aryl methyl sites for hydroxylation is 1. The summed E-state index contributed by atoms with van der Waals surface area (Å²) in [6.07, 6.45) is 0. The predicted octanol–water partition coefficient (Wildman–Crippen LogP) is -0.284. The Bertz CT molecular complexity index is 521. The van der Waals surface area contributed by atoms with Gasteiger partial charge in [-0.3, -0.25) is 14.4 Å². The Morgan fingerprint density at radius 2 is 2.06 bits per heavy atom. The van der Waals surface area contributed by atoms with Crippen LogP contribution >= 0.6 is 0 Å². The molecule has 1 aromatic rings. The Balaban J connectivity index is 3.05. The minimum Gasteiger partial charge on any atom is -0.480 e. The second kappa shape index (κ2) is 5.44. The zero-order valence-corrected chi connectivity index (χ0v) is 10.5. The van der Waals surface area contributed by atoms with Crippen molar-refractivity contribution >= 4 is 11.9 Å². The summed E-state index contributed by atoms with van der Waals surface area (Å²) in [5.41, 5.74) is -0.284. The first-order valence-electron chi connectivity index (χ1n) is 5.40. The molecule has 1 heterocycles. The summed E-state index contributed by atoms with van der Waals surface area (Å²) in [4.78, 5) is 35.1. The molecule has 0 aliphatic carbocycles. The molecule has 7 heteroatoms. The smallest absolute Gasteiger partial charge is 0.323 e. The summed E-state index contributed by atoms with van der Waals surface area (Å²) in [6, 6.07) is 2.24. The Kier molecular flexibility index (Phi) is 4.19. The van der Waals surface area contributed by atoms with Crippen LogP contribution in [0.5, 0.6) is 0 Å². The normalized spacial score (nSPS) is 10.4. The third-order valence-electron chi connectivity index (χ3n) is 2.37. The number of nitrogens with zero attached hydrogens (tertiary/aromatic N) is 3. The standard InChI is InChI=1S/C11H15N3O4/c1-7(2)14(6-10(16)17)11(18)8-4-5-9(15)13(3)12-8/h4-5,7H,6H2,1-3H3,(H,16,17). The first kappa shape index (κ1) is 13.9. The third-order valence-corrected chi connectivity index (χ3v) is 2.37. The van der Waals surface area contributed by atoms with E-state index in [-0.39, 0.29) is 17.3 Å². The molecule has 0 saturated carbocycles. The first-order valence-corrected chi connectivity index (χ1v) is 5.40. The van der Waals surface area contributed by atoms with Crippen molar-refractivity contribution in [2.24, 2.45) is 7.05 Å². The summed E-state index contributed by atoms with van der Waals surface area (Å²) in [5.74, 6) is -1.61. The first-order chi connectivity index (χ1) is 8.32. The summed E-state index contributed by atoms with van der Waals surface area (Å²) in [6.45, 7) is 3.02.